The summed E-state index contributed by atoms with van der Waals surface area (Å²) in [4.78, 5) is 29.4. The van der Waals surface area contributed by atoms with Crippen LogP contribution in [0.15, 0.2) is 48.5 Å². The summed E-state index contributed by atoms with van der Waals surface area (Å²) in [5.41, 5.74) is 3.55. The van der Waals surface area contributed by atoms with Crippen LogP contribution in [0.1, 0.15) is 38.2 Å². The van der Waals surface area contributed by atoms with Gasteiger partial charge in [0.2, 0.25) is 11.8 Å². The first-order valence-corrected chi connectivity index (χ1v) is 9.47. The van der Waals surface area contributed by atoms with E-state index in [0.717, 1.165) is 22.3 Å². The Labute approximate surface area is 165 Å². The second-order valence-corrected chi connectivity index (χ2v) is 7.34. The number of aryl methyl sites for hydroxylation is 1. The quantitative estimate of drug-likeness (QED) is 0.685. The van der Waals surface area contributed by atoms with E-state index in [2.05, 4.69) is 15.6 Å². The number of fused-ring (bicyclic) bond motifs is 1. The molecule has 0 radical (unpaired) electrons. The van der Waals surface area contributed by atoms with Gasteiger partial charge in [-0.25, -0.2) is 4.98 Å². The largest absolute Gasteiger partial charge is 0.346 e. The number of hydrogen-bond donors (Lipinski definition) is 2. The Morgan fingerprint density at radius 2 is 1.71 bits per heavy atom. The van der Waals surface area contributed by atoms with Gasteiger partial charge in [0.25, 0.3) is 0 Å². The van der Waals surface area contributed by atoms with E-state index >= 15 is 0 Å². The zero-order chi connectivity index (χ0) is 20.3. The van der Waals surface area contributed by atoms with Gasteiger partial charge in [0, 0.05) is 11.6 Å². The molecule has 3 aromatic rings. The minimum Gasteiger partial charge on any atom is -0.346 e. The zero-order valence-electron chi connectivity index (χ0n) is 16.7. The van der Waals surface area contributed by atoms with Crippen molar-refractivity contribution >= 4 is 28.5 Å². The molecule has 0 saturated carbocycles. The number of aromatic nitrogens is 2. The fourth-order valence-corrected chi connectivity index (χ4v) is 3.02. The molecule has 3 rings (SSSR count). The van der Waals surface area contributed by atoms with Gasteiger partial charge in [-0.15, -0.1) is 0 Å². The highest BCUT2D eigenvalue weighted by atomic mass is 16.2. The van der Waals surface area contributed by atoms with Crippen molar-refractivity contribution in [1.29, 1.82) is 0 Å². The number of benzene rings is 2. The summed E-state index contributed by atoms with van der Waals surface area (Å²) in [5.74, 6) is 0.352. The van der Waals surface area contributed by atoms with Crippen molar-refractivity contribution in [3.8, 4) is 0 Å². The van der Waals surface area contributed by atoms with Crippen LogP contribution in [-0.4, -0.2) is 21.4 Å². The number of para-hydroxylation sites is 2. The van der Waals surface area contributed by atoms with Gasteiger partial charge in [-0.3, -0.25) is 9.59 Å². The minimum absolute atomic E-state index is 0.0461. The number of anilines is 1. The van der Waals surface area contributed by atoms with Crippen LogP contribution in [0.25, 0.3) is 11.0 Å². The fraction of sp³-hybridized carbons (Fsp3) is 0.318. The predicted molar refractivity (Wildman–Crippen MR) is 111 cm³/mol. The Bertz CT molecular complexity index is 989. The van der Waals surface area contributed by atoms with Crippen molar-refractivity contribution in [1.82, 2.24) is 14.9 Å². The van der Waals surface area contributed by atoms with E-state index in [1.165, 1.54) is 0 Å². The third kappa shape index (κ3) is 4.39. The van der Waals surface area contributed by atoms with Gasteiger partial charge in [0.1, 0.15) is 12.4 Å². The summed E-state index contributed by atoms with van der Waals surface area (Å²) in [6, 6.07) is 15.0. The third-order valence-electron chi connectivity index (χ3n) is 4.59. The van der Waals surface area contributed by atoms with E-state index < -0.39 is 0 Å². The number of imidazole rings is 1. The molecule has 2 amide bonds. The molecule has 0 saturated heterocycles. The highest BCUT2D eigenvalue weighted by Crippen LogP contribution is 2.21. The summed E-state index contributed by atoms with van der Waals surface area (Å²) < 4.78 is 1.87. The lowest BCUT2D eigenvalue weighted by Gasteiger charge is -2.17. The van der Waals surface area contributed by atoms with Crippen LogP contribution in [0.5, 0.6) is 0 Å². The molecule has 6 nitrogen and oxygen atoms in total. The molecule has 1 atom stereocenters. The van der Waals surface area contributed by atoms with Crippen LogP contribution in [-0.2, 0) is 16.1 Å². The molecule has 1 heterocycles. The van der Waals surface area contributed by atoms with Gasteiger partial charge in [0.15, 0.2) is 0 Å². The van der Waals surface area contributed by atoms with E-state index in [-0.39, 0.29) is 30.3 Å². The third-order valence-corrected chi connectivity index (χ3v) is 4.59. The maximum Gasteiger partial charge on any atom is 0.244 e. The number of hydrogen-bond acceptors (Lipinski definition) is 3. The second-order valence-electron chi connectivity index (χ2n) is 7.34. The van der Waals surface area contributed by atoms with Crippen LogP contribution in [0.2, 0.25) is 0 Å². The first kappa shape index (κ1) is 19.6. The minimum atomic E-state index is -0.311. The Morgan fingerprint density at radius 3 is 2.39 bits per heavy atom. The summed E-state index contributed by atoms with van der Waals surface area (Å²) in [5, 5.41) is 5.89. The monoisotopic (exact) mass is 378 g/mol. The van der Waals surface area contributed by atoms with Gasteiger partial charge in [-0.2, -0.15) is 0 Å². The van der Waals surface area contributed by atoms with Crippen LogP contribution >= 0.6 is 0 Å². The maximum absolute atomic E-state index is 12.7. The summed E-state index contributed by atoms with van der Waals surface area (Å²) in [6.07, 6.45) is 0. The summed E-state index contributed by atoms with van der Waals surface area (Å²) >= 11 is 0. The van der Waals surface area contributed by atoms with Gasteiger partial charge in [-0.05, 0) is 38.1 Å². The van der Waals surface area contributed by atoms with Crippen molar-refractivity contribution in [2.24, 2.45) is 5.92 Å². The molecular weight excluding hydrogens is 352 g/mol. The van der Waals surface area contributed by atoms with Crippen LogP contribution in [0, 0.1) is 12.8 Å². The molecule has 146 valence electrons. The van der Waals surface area contributed by atoms with E-state index in [0.29, 0.717) is 5.82 Å². The van der Waals surface area contributed by atoms with Gasteiger partial charge >= 0.3 is 0 Å². The topological polar surface area (TPSA) is 76.0 Å². The van der Waals surface area contributed by atoms with Crippen molar-refractivity contribution in [3.05, 3.63) is 59.9 Å². The fourth-order valence-electron chi connectivity index (χ4n) is 3.02. The summed E-state index contributed by atoms with van der Waals surface area (Å²) in [7, 11) is 0. The zero-order valence-corrected chi connectivity index (χ0v) is 16.7. The number of carbonyl (C=O) groups is 2. The highest BCUT2D eigenvalue weighted by Gasteiger charge is 2.21. The number of nitrogens with zero attached hydrogens (tertiary/aromatic N) is 2. The molecular formula is C22H26N4O2. The van der Waals surface area contributed by atoms with Crippen molar-refractivity contribution in [2.45, 2.75) is 40.3 Å². The molecule has 1 unspecified atom stereocenters. The van der Waals surface area contributed by atoms with Crippen molar-refractivity contribution < 1.29 is 9.59 Å². The average molecular weight is 378 g/mol. The highest BCUT2D eigenvalue weighted by molar-refractivity contribution is 5.91. The lowest BCUT2D eigenvalue weighted by Crippen LogP contribution is -2.32. The standard InChI is InChI=1S/C22H26N4O2/c1-14(2)22(28)23-16(4)21-25-18-7-5-6-8-19(18)26(21)13-20(27)24-17-11-9-15(3)10-12-17/h5-12,14,16H,13H2,1-4H3,(H,23,28)(H,24,27). The molecule has 2 N–H and O–H groups in total. The lowest BCUT2D eigenvalue weighted by molar-refractivity contribution is -0.124. The predicted octanol–water partition coefficient (Wildman–Crippen LogP) is 3.82. The molecule has 6 heteroatoms. The Balaban J connectivity index is 1.87. The molecule has 0 aliphatic carbocycles. The maximum atomic E-state index is 12.7. The number of nitrogens with one attached hydrogen (secondary N) is 2. The average Bonchev–Trinajstić information content (AvgIpc) is 3.02. The van der Waals surface area contributed by atoms with Crippen molar-refractivity contribution in [2.75, 3.05) is 5.32 Å². The molecule has 1 aromatic heterocycles. The first-order chi connectivity index (χ1) is 13.3. The molecule has 0 aliphatic heterocycles. The molecule has 0 aliphatic rings. The smallest absolute Gasteiger partial charge is 0.244 e. The van der Waals surface area contributed by atoms with Gasteiger partial charge in [0.05, 0.1) is 17.1 Å². The summed E-state index contributed by atoms with van der Waals surface area (Å²) in [6.45, 7) is 7.70. The Kier molecular flexibility index (Phi) is 5.78. The lowest BCUT2D eigenvalue weighted by atomic mass is 10.2. The molecule has 2 aromatic carbocycles. The normalized spacial score (nSPS) is 12.2. The van der Waals surface area contributed by atoms with Gasteiger partial charge in [-0.1, -0.05) is 43.7 Å². The first-order valence-electron chi connectivity index (χ1n) is 9.47. The van der Waals surface area contributed by atoms with E-state index in [4.69, 9.17) is 0 Å². The SMILES string of the molecule is Cc1ccc(NC(=O)Cn2c(C(C)NC(=O)C(C)C)nc3ccccc32)cc1. The molecule has 0 bridgehead atoms. The van der Waals surface area contributed by atoms with E-state index in [1.54, 1.807) is 0 Å². The van der Waals surface area contributed by atoms with Crippen molar-refractivity contribution in [3.63, 3.8) is 0 Å². The van der Waals surface area contributed by atoms with Crippen LogP contribution < -0.4 is 10.6 Å². The van der Waals surface area contributed by atoms with Gasteiger partial charge < -0.3 is 15.2 Å². The molecule has 0 spiro atoms. The van der Waals surface area contributed by atoms with E-state index in [9.17, 15) is 9.59 Å². The molecule has 0 fully saturated rings. The Hall–Kier alpha value is -3.15. The molecule has 28 heavy (non-hydrogen) atoms. The van der Waals surface area contributed by atoms with Crippen LogP contribution in [0.3, 0.4) is 0 Å². The number of rotatable bonds is 6. The second kappa shape index (κ2) is 8.25. The number of carbonyl (C=O) groups excluding carboxylic acids is 2. The Morgan fingerprint density at radius 1 is 1.04 bits per heavy atom. The van der Waals surface area contributed by atoms with E-state index in [1.807, 2.05) is 80.8 Å². The van der Waals surface area contributed by atoms with Crippen LogP contribution in [0.4, 0.5) is 5.69 Å². The number of amides is 2.